The second-order valence-electron chi connectivity index (χ2n) is 6.09. The van der Waals surface area contributed by atoms with Crippen LogP contribution in [0.4, 0.5) is 0 Å². The lowest BCUT2D eigenvalue weighted by Gasteiger charge is -2.23. The predicted octanol–water partition coefficient (Wildman–Crippen LogP) is 3.43. The van der Waals surface area contributed by atoms with Crippen LogP contribution in [0.15, 0.2) is 18.2 Å². The molecule has 0 saturated heterocycles. The highest BCUT2D eigenvalue weighted by molar-refractivity contribution is 6.32. The first-order valence-corrected chi connectivity index (χ1v) is 8.83. The molecular weight excluding hydrogens is 330 g/mol. The average Bonchev–Trinajstić information content (AvgIpc) is 2.76. The molecule has 0 bridgehead atoms. The number of aliphatic carboxylic acids is 1. The molecule has 2 N–H and O–H groups in total. The van der Waals surface area contributed by atoms with Gasteiger partial charge in [-0.15, -0.1) is 0 Å². The molecule has 1 aliphatic carbocycles. The summed E-state index contributed by atoms with van der Waals surface area (Å²) in [6.45, 7) is 2.32. The van der Waals surface area contributed by atoms with Crippen molar-refractivity contribution in [1.82, 2.24) is 5.32 Å². The van der Waals surface area contributed by atoms with Crippen LogP contribution in [0.5, 0.6) is 5.75 Å². The van der Waals surface area contributed by atoms with Crippen molar-refractivity contribution in [2.24, 2.45) is 5.92 Å². The lowest BCUT2D eigenvalue weighted by atomic mass is 9.94. The van der Waals surface area contributed by atoms with Gasteiger partial charge < -0.3 is 15.2 Å². The molecule has 0 spiro atoms. The number of carboxylic acid groups (broad SMARTS) is 1. The summed E-state index contributed by atoms with van der Waals surface area (Å²) in [5.41, 5.74) is 0.711. The van der Waals surface area contributed by atoms with Gasteiger partial charge in [0, 0.05) is 11.6 Å². The summed E-state index contributed by atoms with van der Waals surface area (Å²) in [6, 6.07) is 4.99. The molecule has 6 heteroatoms. The van der Waals surface area contributed by atoms with Crippen LogP contribution in [-0.2, 0) is 16.0 Å². The predicted molar refractivity (Wildman–Crippen MR) is 92.5 cm³/mol. The first kappa shape index (κ1) is 18.6. The normalized spacial score (nSPS) is 20.9. The van der Waals surface area contributed by atoms with Crippen molar-refractivity contribution in [3.8, 4) is 5.75 Å². The van der Waals surface area contributed by atoms with Crippen LogP contribution < -0.4 is 10.1 Å². The topological polar surface area (TPSA) is 75.6 Å². The second kappa shape index (κ2) is 8.92. The van der Waals surface area contributed by atoms with E-state index in [-0.39, 0.29) is 18.4 Å². The molecule has 1 fully saturated rings. The molecule has 0 aliphatic heterocycles. The summed E-state index contributed by atoms with van der Waals surface area (Å²) < 4.78 is 5.53. The fourth-order valence-corrected chi connectivity index (χ4v) is 3.45. The monoisotopic (exact) mass is 353 g/mol. The van der Waals surface area contributed by atoms with Gasteiger partial charge in [-0.2, -0.15) is 0 Å². The van der Waals surface area contributed by atoms with Gasteiger partial charge in [0.15, 0.2) is 0 Å². The first-order chi connectivity index (χ1) is 11.5. The maximum absolute atomic E-state index is 12.4. The summed E-state index contributed by atoms with van der Waals surface area (Å²) >= 11 is 6.14. The third-order valence-corrected chi connectivity index (χ3v) is 4.67. The van der Waals surface area contributed by atoms with Gasteiger partial charge in [0.1, 0.15) is 5.75 Å². The van der Waals surface area contributed by atoms with Crippen molar-refractivity contribution < 1.29 is 19.4 Å². The van der Waals surface area contributed by atoms with Gasteiger partial charge >= 0.3 is 5.97 Å². The van der Waals surface area contributed by atoms with Gasteiger partial charge in [-0.05, 0) is 25.8 Å². The van der Waals surface area contributed by atoms with E-state index >= 15 is 0 Å². The number of benzene rings is 1. The fraction of sp³-hybridized carbons (Fsp3) is 0.556. The number of carbonyl (C=O) groups is 2. The lowest BCUT2D eigenvalue weighted by molar-refractivity contribution is -0.143. The van der Waals surface area contributed by atoms with Crippen molar-refractivity contribution in [3.05, 3.63) is 28.8 Å². The Labute approximate surface area is 147 Å². The van der Waals surface area contributed by atoms with Gasteiger partial charge in [-0.1, -0.05) is 43.0 Å². The third kappa shape index (κ3) is 4.87. The fourth-order valence-electron chi connectivity index (χ4n) is 3.21. The van der Waals surface area contributed by atoms with Gasteiger partial charge in [0.2, 0.25) is 5.91 Å². The maximum atomic E-state index is 12.4. The number of rotatable bonds is 6. The van der Waals surface area contributed by atoms with E-state index < -0.39 is 11.9 Å². The van der Waals surface area contributed by atoms with Crippen molar-refractivity contribution in [2.45, 2.75) is 51.5 Å². The van der Waals surface area contributed by atoms with Gasteiger partial charge in [0.05, 0.1) is 24.0 Å². The first-order valence-electron chi connectivity index (χ1n) is 8.45. The number of carboxylic acids is 1. The molecule has 0 heterocycles. The number of carbonyl (C=O) groups excluding carboxylic acids is 1. The Kier molecular flexibility index (Phi) is 6.91. The number of halogens is 1. The molecule has 24 heavy (non-hydrogen) atoms. The van der Waals surface area contributed by atoms with Crippen LogP contribution in [0.25, 0.3) is 0 Å². The highest BCUT2D eigenvalue weighted by atomic mass is 35.5. The zero-order valence-corrected chi connectivity index (χ0v) is 14.6. The minimum absolute atomic E-state index is 0.124. The van der Waals surface area contributed by atoms with E-state index in [0.29, 0.717) is 35.8 Å². The Morgan fingerprint density at radius 3 is 2.75 bits per heavy atom. The second-order valence-corrected chi connectivity index (χ2v) is 6.50. The number of nitrogens with one attached hydrogen (secondary N) is 1. The Balaban J connectivity index is 2.07. The van der Waals surface area contributed by atoms with Crippen LogP contribution in [0, 0.1) is 5.92 Å². The number of amides is 1. The van der Waals surface area contributed by atoms with Gasteiger partial charge in [-0.3, -0.25) is 9.59 Å². The zero-order valence-electron chi connectivity index (χ0n) is 13.9. The number of hydrogen-bond acceptors (Lipinski definition) is 3. The zero-order chi connectivity index (χ0) is 17.5. The summed E-state index contributed by atoms with van der Waals surface area (Å²) in [5.74, 6) is -1.02. The minimum atomic E-state index is -0.833. The largest absolute Gasteiger partial charge is 0.492 e. The van der Waals surface area contributed by atoms with Crippen molar-refractivity contribution in [3.63, 3.8) is 0 Å². The lowest BCUT2D eigenvalue weighted by Crippen LogP contribution is -2.43. The van der Waals surface area contributed by atoms with E-state index in [2.05, 4.69) is 5.32 Å². The van der Waals surface area contributed by atoms with E-state index in [4.69, 9.17) is 16.3 Å². The van der Waals surface area contributed by atoms with Crippen LogP contribution in [0.2, 0.25) is 5.02 Å². The molecule has 132 valence electrons. The van der Waals surface area contributed by atoms with Crippen molar-refractivity contribution >= 4 is 23.5 Å². The summed E-state index contributed by atoms with van der Waals surface area (Å²) in [6.07, 6.45) is 4.29. The summed E-state index contributed by atoms with van der Waals surface area (Å²) in [7, 11) is 0. The third-order valence-electron chi connectivity index (χ3n) is 4.37. The quantitative estimate of drug-likeness (QED) is 0.768. The standard InChI is InChI=1S/C18H24ClNO4/c1-2-24-17-12(7-6-9-14(17)19)11-16(21)20-15-10-5-3-4-8-13(15)18(22)23/h6-7,9,13,15H,2-5,8,10-11H2,1H3,(H,20,21)(H,22,23)/t13-,15+/m1/s1. The molecule has 5 nitrogen and oxygen atoms in total. The Bertz CT molecular complexity index is 590. The molecule has 1 aliphatic rings. The van der Waals surface area contributed by atoms with Crippen molar-refractivity contribution in [1.29, 1.82) is 0 Å². The summed E-state index contributed by atoms with van der Waals surface area (Å²) in [5, 5.41) is 12.8. The molecule has 1 saturated carbocycles. The molecule has 2 rings (SSSR count). The van der Waals surface area contributed by atoms with E-state index in [1.165, 1.54) is 0 Å². The van der Waals surface area contributed by atoms with Crippen molar-refractivity contribution in [2.75, 3.05) is 6.61 Å². The molecule has 1 aromatic carbocycles. The molecule has 2 atom stereocenters. The van der Waals surface area contributed by atoms with E-state index in [0.717, 1.165) is 19.3 Å². The van der Waals surface area contributed by atoms with E-state index in [9.17, 15) is 14.7 Å². The number of para-hydroxylation sites is 1. The number of ether oxygens (including phenoxy) is 1. The Hall–Kier alpha value is -1.75. The van der Waals surface area contributed by atoms with Crippen LogP contribution >= 0.6 is 11.6 Å². The average molecular weight is 354 g/mol. The number of hydrogen-bond donors (Lipinski definition) is 2. The summed E-state index contributed by atoms with van der Waals surface area (Å²) in [4.78, 5) is 23.9. The molecule has 0 unspecified atom stereocenters. The Morgan fingerprint density at radius 1 is 1.29 bits per heavy atom. The smallest absolute Gasteiger partial charge is 0.308 e. The van der Waals surface area contributed by atoms with E-state index in [1.54, 1.807) is 18.2 Å². The van der Waals surface area contributed by atoms with Gasteiger partial charge in [0.25, 0.3) is 0 Å². The van der Waals surface area contributed by atoms with Crippen LogP contribution in [0.3, 0.4) is 0 Å². The van der Waals surface area contributed by atoms with Gasteiger partial charge in [-0.25, -0.2) is 0 Å². The molecule has 0 radical (unpaired) electrons. The molecule has 1 aromatic rings. The molecule has 1 amide bonds. The minimum Gasteiger partial charge on any atom is -0.492 e. The maximum Gasteiger partial charge on any atom is 0.308 e. The van der Waals surface area contributed by atoms with Crippen LogP contribution in [0.1, 0.15) is 44.6 Å². The highest BCUT2D eigenvalue weighted by Crippen LogP contribution is 2.29. The SMILES string of the molecule is CCOc1c(Cl)cccc1CC(=O)N[C@H]1CCCCC[C@H]1C(=O)O. The highest BCUT2D eigenvalue weighted by Gasteiger charge is 2.30. The van der Waals surface area contributed by atoms with Crippen LogP contribution in [-0.4, -0.2) is 29.6 Å². The van der Waals surface area contributed by atoms with E-state index in [1.807, 2.05) is 6.92 Å². The molecule has 0 aromatic heterocycles. The molecular formula is C18H24ClNO4. The Morgan fingerprint density at radius 2 is 2.04 bits per heavy atom.